The Bertz CT molecular complexity index is 628. The molecule has 1 aromatic rings. The van der Waals surface area contributed by atoms with Gasteiger partial charge in [0.05, 0.1) is 17.1 Å². The van der Waals surface area contributed by atoms with E-state index in [1.54, 1.807) is 20.9 Å². The van der Waals surface area contributed by atoms with Gasteiger partial charge in [-0.25, -0.2) is 13.1 Å². The van der Waals surface area contributed by atoms with Gasteiger partial charge in [-0.3, -0.25) is 10.1 Å². The lowest BCUT2D eigenvalue weighted by molar-refractivity contribution is -0.387. The number of hydrogen-bond acceptors (Lipinski definition) is 6. The zero-order valence-electron chi connectivity index (χ0n) is 12.3. The fourth-order valence-electron chi connectivity index (χ4n) is 1.84. The van der Waals surface area contributed by atoms with Gasteiger partial charge in [-0.05, 0) is 26.0 Å². The molecule has 0 unspecified atom stereocenters. The monoisotopic (exact) mass is 317 g/mol. The molecule has 9 heteroatoms. The average molecular weight is 317 g/mol. The maximum absolute atomic E-state index is 12.4. The zero-order chi connectivity index (χ0) is 16.3. The molecule has 1 aromatic carbocycles. The van der Waals surface area contributed by atoms with Crippen LogP contribution in [0.1, 0.15) is 13.8 Å². The molecular formula is C12H19N3O5S. The van der Waals surface area contributed by atoms with Crippen molar-refractivity contribution in [1.29, 1.82) is 0 Å². The van der Waals surface area contributed by atoms with E-state index in [4.69, 9.17) is 4.74 Å². The molecule has 0 fully saturated rings. The Labute approximate surface area is 123 Å². The third-order valence-electron chi connectivity index (χ3n) is 2.65. The standard InChI is InChI=1S/C12H19N3O5S/c1-12(2,8-20-4)14-21(18,19)11-7-9(13-3)5-6-10(11)15(16)17/h5-7,13-14H,8H2,1-4H3. The minimum atomic E-state index is -4.06. The predicted octanol–water partition coefficient (Wildman–Crippen LogP) is 1.34. The molecule has 0 aromatic heterocycles. The van der Waals surface area contributed by atoms with E-state index >= 15 is 0 Å². The third kappa shape index (κ3) is 4.38. The summed E-state index contributed by atoms with van der Waals surface area (Å²) in [4.78, 5) is 9.92. The van der Waals surface area contributed by atoms with Crippen molar-refractivity contribution in [2.45, 2.75) is 24.3 Å². The molecule has 2 N–H and O–H groups in total. The van der Waals surface area contributed by atoms with Crippen molar-refractivity contribution in [1.82, 2.24) is 4.72 Å². The van der Waals surface area contributed by atoms with Crippen LogP contribution in [-0.2, 0) is 14.8 Å². The maximum Gasteiger partial charge on any atom is 0.289 e. The van der Waals surface area contributed by atoms with Gasteiger partial charge in [0.2, 0.25) is 10.0 Å². The first-order valence-corrected chi connectivity index (χ1v) is 7.60. The highest BCUT2D eigenvalue weighted by Crippen LogP contribution is 2.27. The Kier molecular flexibility index (Phi) is 5.26. The van der Waals surface area contributed by atoms with E-state index in [0.29, 0.717) is 5.69 Å². The van der Waals surface area contributed by atoms with Crippen LogP contribution < -0.4 is 10.0 Å². The van der Waals surface area contributed by atoms with E-state index in [-0.39, 0.29) is 11.5 Å². The van der Waals surface area contributed by atoms with Crippen LogP contribution in [0.4, 0.5) is 11.4 Å². The Hall–Kier alpha value is -1.71. The van der Waals surface area contributed by atoms with Gasteiger partial charge in [-0.1, -0.05) is 0 Å². The molecule has 0 amide bonds. The SMILES string of the molecule is CNc1ccc([N+](=O)[O-])c(S(=O)(=O)NC(C)(C)COC)c1. The first kappa shape index (κ1) is 17.3. The number of benzene rings is 1. The summed E-state index contributed by atoms with van der Waals surface area (Å²) in [5.74, 6) is 0. The lowest BCUT2D eigenvalue weighted by Gasteiger charge is -2.24. The Morgan fingerprint density at radius 2 is 2.00 bits per heavy atom. The summed E-state index contributed by atoms with van der Waals surface area (Å²) in [6.07, 6.45) is 0. The minimum Gasteiger partial charge on any atom is -0.388 e. The number of sulfonamides is 1. The molecule has 0 heterocycles. The fourth-order valence-corrected chi connectivity index (χ4v) is 3.44. The lowest BCUT2D eigenvalue weighted by Crippen LogP contribution is -2.46. The van der Waals surface area contributed by atoms with E-state index in [0.717, 1.165) is 6.07 Å². The quantitative estimate of drug-likeness (QED) is 0.580. The maximum atomic E-state index is 12.4. The summed E-state index contributed by atoms with van der Waals surface area (Å²) in [6.45, 7) is 3.38. The van der Waals surface area contributed by atoms with E-state index in [1.807, 2.05) is 0 Å². The molecule has 0 atom stereocenters. The summed E-state index contributed by atoms with van der Waals surface area (Å²) >= 11 is 0. The van der Waals surface area contributed by atoms with Crippen LogP contribution in [0.2, 0.25) is 0 Å². The number of nitro groups is 1. The number of rotatable bonds is 7. The summed E-state index contributed by atoms with van der Waals surface area (Å²) < 4.78 is 32.2. The van der Waals surface area contributed by atoms with Gasteiger partial charge < -0.3 is 10.1 Å². The molecule has 0 aliphatic rings. The summed E-state index contributed by atoms with van der Waals surface area (Å²) in [6, 6.07) is 3.82. The first-order valence-electron chi connectivity index (χ1n) is 6.12. The molecule has 0 radical (unpaired) electrons. The van der Waals surface area contributed by atoms with E-state index in [2.05, 4.69) is 10.0 Å². The van der Waals surface area contributed by atoms with E-state index in [9.17, 15) is 18.5 Å². The van der Waals surface area contributed by atoms with Gasteiger partial charge in [0.25, 0.3) is 5.69 Å². The van der Waals surface area contributed by atoms with Gasteiger partial charge in [-0.2, -0.15) is 0 Å². The van der Waals surface area contributed by atoms with Gasteiger partial charge >= 0.3 is 0 Å². The highest BCUT2D eigenvalue weighted by Gasteiger charge is 2.31. The Balaban J connectivity index is 3.32. The second-order valence-electron chi connectivity index (χ2n) is 5.11. The second-order valence-corrected chi connectivity index (χ2v) is 6.76. The molecule has 0 spiro atoms. The van der Waals surface area contributed by atoms with Crippen molar-refractivity contribution in [2.75, 3.05) is 26.1 Å². The van der Waals surface area contributed by atoms with E-state index < -0.39 is 26.2 Å². The van der Waals surface area contributed by atoms with Crippen LogP contribution in [0.25, 0.3) is 0 Å². The highest BCUT2D eigenvalue weighted by molar-refractivity contribution is 7.89. The summed E-state index contributed by atoms with van der Waals surface area (Å²) in [5, 5.41) is 13.8. The van der Waals surface area contributed by atoms with Crippen molar-refractivity contribution in [2.24, 2.45) is 0 Å². The number of nitrogens with zero attached hydrogens (tertiary/aromatic N) is 1. The van der Waals surface area contributed by atoms with Gasteiger partial charge in [0.15, 0.2) is 4.90 Å². The van der Waals surface area contributed by atoms with Gasteiger partial charge in [-0.15, -0.1) is 0 Å². The van der Waals surface area contributed by atoms with Crippen LogP contribution in [0, 0.1) is 10.1 Å². The Morgan fingerprint density at radius 3 is 2.48 bits per heavy atom. The molecule has 118 valence electrons. The van der Waals surface area contributed by atoms with E-state index in [1.165, 1.54) is 19.2 Å². The molecule has 1 rings (SSSR count). The van der Waals surface area contributed by atoms with Crippen molar-refractivity contribution >= 4 is 21.4 Å². The number of ether oxygens (including phenoxy) is 1. The normalized spacial score (nSPS) is 12.2. The van der Waals surface area contributed by atoms with Crippen LogP contribution in [0.3, 0.4) is 0 Å². The molecule has 0 bridgehead atoms. The van der Waals surface area contributed by atoms with Crippen LogP contribution in [0.15, 0.2) is 23.1 Å². The largest absolute Gasteiger partial charge is 0.388 e. The van der Waals surface area contributed by atoms with Gasteiger partial charge in [0, 0.05) is 25.9 Å². The minimum absolute atomic E-state index is 0.131. The van der Waals surface area contributed by atoms with Crippen LogP contribution in [-0.4, -0.2) is 39.6 Å². The predicted molar refractivity (Wildman–Crippen MR) is 78.9 cm³/mol. The number of hydrogen-bond donors (Lipinski definition) is 2. The molecular weight excluding hydrogens is 298 g/mol. The highest BCUT2D eigenvalue weighted by atomic mass is 32.2. The summed E-state index contributed by atoms with van der Waals surface area (Å²) in [7, 11) is -1.02. The Morgan fingerprint density at radius 1 is 1.38 bits per heavy atom. The number of nitro benzene ring substituents is 1. The number of methoxy groups -OCH3 is 1. The van der Waals surface area contributed by atoms with Crippen LogP contribution >= 0.6 is 0 Å². The lowest BCUT2D eigenvalue weighted by atomic mass is 10.1. The van der Waals surface area contributed by atoms with Crippen molar-refractivity contribution in [3.63, 3.8) is 0 Å². The average Bonchev–Trinajstić information content (AvgIpc) is 2.36. The van der Waals surface area contributed by atoms with Crippen LogP contribution in [0.5, 0.6) is 0 Å². The van der Waals surface area contributed by atoms with Crippen molar-refractivity contribution < 1.29 is 18.1 Å². The fraction of sp³-hybridized carbons (Fsp3) is 0.500. The number of anilines is 1. The second kappa shape index (κ2) is 6.37. The topological polar surface area (TPSA) is 111 Å². The summed E-state index contributed by atoms with van der Waals surface area (Å²) in [5.41, 5.74) is -0.905. The molecule has 0 aliphatic carbocycles. The van der Waals surface area contributed by atoms with Gasteiger partial charge in [0.1, 0.15) is 0 Å². The van der Waals surface area contributed by atoms with Crippen molar-refractivity contribution in [3.05, 3.63) is 28.3 Å². The molecule has 21 heavy (non-hydrogen) atoms. The first-order chi connectivity index (χ1) is 9.63. The zero-order valence-corrected chi connectivity index (χ0v) is 13.2. The molecule has 0 aliphatic heterocycles. The molecule has 0 saturated heterocycles. The number of nitrogens with one attached hydrogen (secondary N) is 2. The smallest absolute Gasteiger partial charge is 0.289 e. The molecule has 8 nitrogen and oxygen atoms in total. The van der Waals surface area contributed by atoms with Crippen molar-refractivity contribution in [3.8, 4) is 0 Å². The molecule has 0 saturated carbocycles. The third-order valence-corrected chi connectivity index (χ3v) is 4.38.